The molecule has 4 rings (SSSR count). The summed E-state index contributed by atoms with van der Waals surface area (Å²) in [6.45, 7) is 5.16. The van der Waals surface area contributed by atoms with E-state index in [1.54, 1.807) is 11.6 Å². The molecular weight excluding hydrogens is 351 g/mol. The summed E-state index contributed by atoms with van der Waals surface area (Å²) in [6.07, 6.45) is 6.00. The van der Waals surface area contributed by atoms with Crippen LogP contribution in [0.25, 0.3) is 0 Å². The highest BCUT2D eigenvalue weighted by atomic mass is 32.1. The number of amides is 1. The van der Waals surface area contributed by atoms with Crippen LogP contribution in [0.4, 0.5) is 10.3 Å². The van der Waals surface area contributed by atoms with Gasteiger partial charge in [0.25, 0.3) is 5.91 Å². The number of rotatable bonds is 2. The van der Waals surface area contributed by atoms with Gasteiger partial charge in [0.05, 0.1) is 0 Å². The molecule has 2 aliphatic heterocycles. The van der Waals surface area contributed by atoms with Gasteiger partial charge in [-0.05, 0) is 50.1 Å². The second kappa shape index (κ2) is 6.95. The number of anilines is 1. The van der Waals surface area contributed by atoms with E-state index in [-0.39, 0.29) is 16.2 Å². The monoisotopic (exact) mass is 374 g/mol. The van der Waals surface area contributed by atoms with Crippen LogP contribution in [0, 0.1) is 18.2 Å². The molecule has 1 spiro atoms. The van der Waals surface area contributed by atoms with Gasteiger partial charge in [-0.2, -0.15) is 0 Å². The first-order valence-corrected chi connectivity index (χ1v) is 10.0. The van der Waals surface area contributed by atoms with E-state index in [4.69, 9.17) is 0 Å². The van der Waals surface area contributed by atoms with E-state index in [2.05, 4.69) is 14.9 Å². The predicted molar refractivity (Wildman–Crippen MR) is 100 cm³/mol. The Labute approximate surface area is 156 Å². The Balaban J connectivity index is 1.52. The van der Waals surface area contributed by atoms with Gasteiger partial charge in [-0.3, -0.25) is 4.79 Å². The van der Waals surface area contributed by atoms with Crippen LogP contribution in [-0.2, 0) is 0 Å². The van der Waals surface area contributed by atoms with Crippen molar-refractivity contribution in [3.63, 3.8) is 0 Å². The third-order valence-corrected chi connectivity index (χ3v) is 6.36. The van der Waals surface area contributed by atoms with Crippen molar-refractivity contribution in [2.45, 2.75) is 32.6 Å². The van der Waals surface area contributed by atoms with Gasteiger partial charge in [0.1, 0.15) is 10.7 Å². The zero-order valence-electron chi connectivity index (χ0n) is 14.9. The lowest BCUT2D eigenvalue weighted by Crippen LogP contribution is -2.54. The Morgan fingerprint density at radius 1 is 1.23 bits per heavy atom. The molecule has 0 bridgehead atoms. The van der Waals surface area contributed by atoms with Gasteiger partial charge in [0.2, 0.25) is 5.95 Å². The number of piperidine rings is 2. The van der Waals surface area contributed by atoms with Crippen LogP contribution in [0.2, 0.25) is 0 Å². The van der Waals surface area contributed by atoms with Crippen molar-refractivity contribution in [3.8, 4) is 0 Å². The highest BCUT2D eigenvalue weighted by Gasteiger charge is 2.41. The van der Waals surface area contributed by atoms with Gasteiger partial charge < -0.3 is 9.80 Å². The summed E-state index contributed by atoms with van der Waals surface area (Å²) in [5.41, 5.74) is 1.01. The zero-order chi connectivity index (χ0) is 18.1. The van der Waals surface area contributed by atoms with E-state index in [0.717, 1.165) is 50.4 Å². The average molecular weight is 374 g/mol. The maximum absolute atomic E-state index is 13.8. The second-order valence-electron chi connectivity index (χ2n) is 7.45. The predicted octanol–water partition coefficient (Wildman–Crippen LogP) is 3.51. The quantitative estimate of drug-likeness (QED) is 0.807. The lowest BCUT2D eigenvalue weighted by Gasteiger charge is -2.48. The molecule has 138 valence electrons. The maximum atomic E-state index is 13.8. The molecule has 2 fully saturated rings. The molecule has 26 heavy (non-hydrogen) atoms. The first kappa shape index (κ1) is 17.4. The van der Waals surface area contributed by atoms with Crippen LogP contribution in [0.5, 0.6) is 0 Å². The topological polar surface area (TPSA) is 49.3 Å². The van der Waals surface area contributed by atoms with E-state index >= 15 is 0 Å². The summed E-state index contributed by atoms with van der Waals surface area (Å²) < 4.78 is 13.8. The van der Waals surface area contributed by atoms with Crippen molar-refractivity contribution in [1.29, 1.82) is 0 Å². The molecule has 1 unspecified atom stereocenters. The number of aryl methyl sites for hydroxylation is 1. The number of carbonyl (C=O) groups is 1. The molecular formula is C19H23FN4OS. The summed E-state index contributed by atoms with van der Waals surface area (Å²) >= 11 is 1.19. The first-order chi connectivity index (χ1) is 12.6. The van der Waals surface area contributed by atoms with E-state index in [1.807, 2.05) is 17.9 Å². The number of hydrogen-bond donors (Lipinski definition) is 0. The van der Waals surface area contributed by atoms with Crippen LogP contribution in [0.15, 0.2) is 23.7 Å². The van der Waals surface area contributed by atoms with Crippen molar-refractivity contribution >= 4 is 23.2 Å². The molecule has 0 aliphatic carbocycles. The van der Waals surface area contributed by atoms with Crippen LogP contribution in [0.3, 0.4) is 0 Å². The van der Waals surface area contributed by atoms with Crippen molar-refractivity contribution in [3.05, 3.63) is 40.1 Å². The van der Waals surface area contributed by atoms with E-state index in [0.29, 0.717) is 13.1 Å². The van der Waals surface area contributed by atoms with Crippen LogP contribution < -0.4 is 4.90 Å². The summed E-state index contributed by atoms with van der Waals surface area (Å²) in [5.74, 6) is 0.204. The molecule has 5 nitrogen and oxygen atoms in total. The normalized spacial score (nSPS) is 23.5. The Hall–Kier alpha value is -2.02. The molecule has 0 radical (unpaired) electrons. The molecule has 0 aromatic carbocycles. The molecule has 2 aliphatic rings. The standard InChI is InChI=1S/C19H23FN4OS/c1-14-4-8-21-18(22-14)24-10-3-7-19(13-24)6-2-9-23(12-19)17(25)16-15(20)5-11-26-16/h4-5,8,11H,2-3,6-7,9-10,12-13H2,1H3. The van der Waals surface area contributed by atoms with E-state index in [1.165, 1.54) is 17.4 Å². The van der Waals surface area contributed by atoms with Gasteiger partial charge in [-0.15, -0.1) is 11.3 Å². The summed E-state index contributed by atoms with van der Waals surface area (Å²) in [4.78, 5) is 26.1. The molecule has 4 heterocycles. The van der Waals surface area contributed by atoms with Gasteiger partial charge in [0, 0.05) is 43.5 Å². The minimum Gasteiger partial charge on any atom is -0.340 e. The Morgan fingerprint density at radius 3 is 2.77 bits per heavy atom. The summed E-state index contributed by atoms with van der Waals surface area (Å²) in [7, 11) is 0. The molecule has 0 N–H and O–H groups in total. The van der Waals surface area contributed by atoms with E-state index in [9.17, 15) is 9.18 Å². The summed E-state index contributed by atoms with van der Waals surface area (Å²) in [5, 5.41) is 1.64. The van der Waals surface area contributed by atoms with Crippen molar-refractivity contribution in [2.75, 3.05) is 31.1 Å². The largest absolute Gasteiger partial charge is 0.340 e. The second-order valence-corrected chi connectivity index (χ2v) is 8.37. The molecule has 1 atom stereocenters. The van der Waals surface area contributed by atoms with Crippen LogP contribution >= 0.6 is 11.3 Å². The smallest absolute Gasteiger partial charge is 0.266 e. The molecule has 2 aromatic rings. The number of hydrogen-bond acceptors (Lipinski definition) is 5. The minimum absolute atomic E-state index is 0.0486. The van der Waals surface area contributed by atoms with Crippen LogP contribution in [-0.4, -0.2) is 47.0 Å². The Kier molecular flexibility index (Phi) is 4.65. The Morgan fingerprint density at radius 2 is 2.04 bits per heavy atom. The van der Waals surface area contributed by atoms with Crippen molar-refractivity contribution in [2.24, 2.45) is 5.41 Å². The lowest BCUT2D eigenvalue weighted by molar-refractivity contribution is 0.0466. The van der Waals surface area contributed by atoms with Gasteiger partial charge in [-0.25, -0.2) is 14.4 Å². The number of aromatic nitrogens is 2. The lowest BCUT2D eigenvalue weighted by atomic mass is 9.73. The molecule has 2 saturated heterocycles. The highest BCUT2D eigenvalue weighted by Crippen LogP contribution is 2.40. The number of thiophene rings is 1. The SMILES string of the molecule is Cc1ccnc(N2CCCC3(CCCN(C(=O)c4sccc4F)C3)C2)n1. The third-order valence-electron chi connectivity index (χ3n) is 5.49. The van der Waals surface area contributed by atoms with Crippen LogP contribution in [0.1, 0.15) is 41.0 Å². The van der Waals surface area contributed by atoms with E-state index < -0.39 is 5.82 Å². The minimum atomic E-state index is -0.405. The summed E-state index contributed by atoms with van der Waals surface area (Å²) in [6, 6.07) is 3.27. The third kappa shape index (κ3) is 3.32. The molecule has 0 saturated carbocycles. The number of carbonyl (C=O) groups excluding carboxylic acids is 1. The number of halogens is 1. The van der Waals surface area contributed by atoms with Gasteiger partial charge >= 0.3 is 0 Å². The fraction of sp³-hybridized carbons (Fsp3) is 0.526. The average Bonchev–Trinajstić information content (AvgIpc) is 3.07. The zero-order valence-corrected chi connectivity index (χ0v) is 15.8. The van der Waals surface area contributed by atoms with Gasteiger partial charge in [0.15, 0.2) is 0 Å². The Bertz CT molecular complexity index is 806. The fourth-order valence-electron chi connectivity index (χ4n) is 4.27. The molecule has 2 aromatic heterocycles. The highest BCUT2D eigenvalue weighted by molar-refractivity contribution is 7.12. The fourth-order valence-corrected chi connectivity index (χ4v) is 5.01. The maximum Gasteiger partial charge on any atom is 0.266 e. The van der Waals surface area contributed by atoms with Crippen molar-refractivity contribution in [1.82, 2.24) is 14.9 Å². The van der Waals surface area contributed by atoms with Crippen molar-refractivity contribution < 1.29 is 9.18 Å². The number of nitrogens with zero attached hydrogens (tertiary/aromatic N) is 4. The molecule has 1 amide bonds. The molecule has 7 heteroatoms. The number of likely N-dealkylation sites (tertiary alicyclic amines) is 1. The first-order valence-electron chi connectivity index (χ1n) is 9.13. The van der Waals surface area contributed by atoms with Gasteiger partial charge in [-0.1, -0.05) is 0 Å².